The van der Waals surface area contributed by atoms with Crippen molar-refractivity contribution in [3.8, 4) is 0 Å². The predicted molar refractivity (Wildman–Crippen MR) is 82.3 cm³/mol. The smallest absolute Gasteiger partial charge is 0.256 e. The standard InChI is InChI=1S/C17H24N2O2/c1-10-7-13(20)12(9-18-10)14(21)19-15-16(2,3)11-5-6-17(15,4)8-11/h7,9,11,15H,5-6,8H2,1-4H3,(H,18,20)(H,19,21). The fraction of sp³-hybridized carbons (Fsp3) is 0.647. The summed E-state index contributed by atoms with van der Waals surface area (Å²) >= 11 is 0. The number of pyridine rings is 1. The highest BCUT2D eigenvalue weighted by Gasteiger charge is 2.59. The van der Waals surface area contributed by atoms with Gasteiger partial charge in [0.15, 0.2) is 5.43 Å². The normalized spacial score (nSPS) is 33.1. The lowest BCUT2D eigenvalue weighted by Crippen LogP contribution is -2.52. The van der Waals surface area contributed by atoms with Crippen LogP contribution < -0.4 is 10.7 Å². The van der Waals surface area contributed by atoms with Gasteiger partial charge in [-0.2, -0.15) is 0 Å². The van der Waals surface area contributed by atoms with Gasteiger partial charge in [0.2, 0.25) is 0 Å². The van der Waals surface area contributed by atoms with E-state index in [2.05, 4.69) is 31.1 Å². The molecule has 1 aromatic rings. The van der Waals surface area contributed by atoms with Crippen molar-refractivity contribution in [1.82, 2.24) is 10.3 Å². The van der Waals surface area contributed by atoms with Gasteiger partial charge in [0.1, 0.15) is 5.56 Å². The van der Waals surface area contributed by atoms with Gasteiger partial charge in [-0.15, -0.1) is 0 Å². The number of aromatic amines is 1. The highest BCUT2D eigenvalue weighted by molar-refractivity contribution is 5.94. The van der Waals surface area contributed by atoms with E-state index in [0.717, 1.165) is 12.1 Å². The second kappa shape index (κ2) is 4.46. The van der Waals surface area contributed by atoms with Crippen LogP contribution in [0.2, 0.25) is 0 Å². The van der Waals surface area contributed by atoms with Crippen molar-refractivity contribution in [2.75, 3.05) is 0 Å². The molecule has 1 amide bonds. The third-order valence-electron chi connectivity index (χ3n) is 5.85. The van der Waals surface area contributed by atoms with Crippen molar-refractivity contribution in [3.63, 3.8) is 0 Å². The molecule has 2 aliphatic carbocycles. The van der Waals surface area contributed by atoms with Gasteiger partial charge in [-0.05, 0) is 42.9 Å². The number of carbonyl (C=O) groups is 1. The molecule has 0 radical (unpaired) electrons. The fourth-order valence-corrected chi connectivity index (χ4v) is 4.62. The molecule has 3 rings (SSSR count). The summed E-state index contributed by atoms with van der Waals surface area (Å²) in [7, 11) is 0. The second-order valence-electron chi connectivity index (χ2n) is 7.72. The highest BCUT2D eigenvalue weighted by Crippen LogP contribution is 2.62. The first-order valence-corrected chi connectivity index (χ1v) is 7.74. The maximum Gasteiger partial charge on any atom is 0.256 e. The molecule has 0 spiro atoms. The maximum atomic E-state index is 12.5. The number of hydrogen-bond acceptors (Lipinski definition) is 2. The summed E-state index contributed by atoms with van der Waals surface area (Å²) in [5.41, 5.74) is 1.03. The Kier molecular flexibility index (Phi) is 3.05. The van der Waals surface area contributed by atoms with Gasteiger partial charge in [-0.3, -0.25) is 9.59 Å². The van der Waals surface area contributed by atoms with Crippen LogP contribution in [-0.2, 0) is 0 Å². The van der Waals surface area contributed by atoms with Crippen molar-refractivity contribution in [2.24, 2.45) is 16.7 Å². The molecule has 0 aromatic carbocycles. The van der Waals surface area contributed by atoms with Gasteiger partial charge in [-0.25, -0.2) is 0 Å². The van der Waals surface area contributed by atoms with E-state index in [9.17, 15) is 9.59 Å². The van der Waals surface area contributed by atoms with Gasteiger partial charge in [-0.1, -0.05) is 20.8 Å². The molecule has 2 saturated carbocycles. The van der Waals surface area contributed by atoms with Crippen LogP contribution in [0.1, 0.15) is 56.1 Å². The number of hydrogen-bond donors (Lipinski definition) is 2. The van der Waals surface area contributed by atoms with E-state index in [1.54, 1.807) is 0 Å². The van der Waals surface area contributed by atoms with Gasteiger partial charge in [0.05, 0.1) is 0 Å². The molecular weight excluding hydrogens is 264 g/mol. The Bertz CT molecular complexity index is 642. The summed E-state index contributed by atoms with van der Waals surface area (Å²) in [5, 5.41) is 3.16. The average molecular weight is 288 g/mol. The van der Waals surface area contributed by atoms with E-state index < -0.39 is 0 Å². The van der Waals surface area contributed by atoms with Crippen LogP contribution >= 0.6 is 0 Å². The maximum absolute atomic E-state index is 12.5. The summed E-state index contributed by atoms with van der Waals surface area (Å²) < 4.78 is 0. The van der Waals surface area contributed by atoms with Crippen molar-refractivity contribution in [3.05, 3.63) is 33.7 Å². The first-order chi connectivity index (χ1) is 9.74. The number of aryl methyl sites for hydroxylation is 1. The topological polar surface area (TPSA) is 62.0 Å². The number of amides is 1. The summed E-state index contributed by atoms with van der Waals surface area (Å²) in [6, 6.07) is 1.61. The second-order valence-corrected chi connectivity index (χ2v) is 7.72. The lowest BCUT2D eigenvalue weighted by Gasteiger charge is -2.43. The Morgan fingerprint density at radius 2 is 2.10 bits per heavy atom. The summed E-state index contributed by atoms with van der Waals surface area (Å²) in [6.45, 7) is 8.56. The molecule has 0 aliphatic heterocycles. The lowest BCUT2D eigenvalue weighted by molar-refractivity contribution is 0.0736. The number of H-pyrrole nitrogens is 1. The van der Waals surface area contributed by atoms with Crippen LogP contribution in [-0.4, -0.2) is 16.9 Å². The molecule has 1 heterocycles. The zero-order valence-corrected chi connectivity index (χ0v) is 13.2. The summed E-state index contributed by atoms with van der Waals surface area (Å²) in [5.74, 6) is 0.423. The van der Waals surface area contributed by atoms with E-state index in [0.29, 0.717) is 5.92 Å². The van der Waals surface area contributed by atoms with Crippen LogP contribution in [0, 0.1) is 23.7 Å². The monoisotopic (exact) mass is 288 g/mol. The summed E-state index contributed by atoms with van der Waals surface area (Å²) in [4.78, 5) is 27.4. The van der Waals surface area contributed by atoms with Crippen molar-refractivity contribution < 1.29 is 4.79 Å². The van der Waals surface area contributed by atoms with E-state index in [4.69, 9.17) is 0 Å². The molecule has 3 atom stereocenters. The Balaban J connectivity index is 1.86. The molecular formula is C17H24N2O2. The average Bonchev–Trinajstić information content (AvgIpc) is 2.85. The zero-order valence-electron chi connectivity index (χ0n) is 13.2. The molecule has 2 bridgehead atoms. The Morgan fingerprint density at radius 1 is 1.38 bits per heavy atom. The van der Waals surface area contributed by atoms with E-state index in [1.165, 1.54) is 25.1 Å². The number of fused-ring (bicyclic) bond motifs is 2. The Morgan fingerprint density at radius 3 is 2.67 bits per heavy atom. The van der Waals surface area contributed by atoms with Gasteiger partial charge in [0, 0.05) is 24.0 Å². The van der Waals surface area contributed by atoms with Crippen LogP contribution in [0.5, 0.6) is 0 Å². The van der Waals surface area contributed by atoms with Crippen LogP contribution in [0.15, 0.2) is 17.1 Å². The number of aromatic nitrogens is 1. The number of carbonyl (C=O) groups excluding carboxylic acids is 1. The third kappa shape index (κ3) is 2.12. The molecule has 3 unspecified atom stereocenters. The van der Waals surface area contributed by atoms with Gasteiger partial charge >= 0.3 is 0 Å². The molecule has 2 fully saturated rings. The van der Waals surface area contributed by atoms with Crippen molar-refractivity contribution >= 4 is 5.91 Å². The lowest BCUT2D eigenvalue weighted by atomic mass is 9.68. The van der Waals surface area contributed by atoms with E-state index in [-0.39, 0.29) is 33.8 Å². The zero-order chi connectivity index (χ0) is 15.4. The van der Waals surface area contributed by atoms with Crippen LogP contribution in [0.3, 0.4) is 0 Å². The molecule has 2 aliphatic rings. The van der Waals surface area contributed by atoms with Crippen molar-refractivity contribution in [2.45, 2.75) is 53.0 Å². The minimum atomic E-state index is -0.247. The summed E-state index contributed by atoms with van der Waals surface area (Å²) in [6.07, 6.45) is 5.11. The van der Waals surface area contributed by atoms with Crippen molar-refractivity contribution in [1.29, 1.82) is 0 Å². The first-order valence-electron chi connectivity index (χ1n) is 7.74. The SMILES string of the molecule is Cc1cc(=O)c(C(=O)NC2C3(C)CCC(C3)C2(C)C)c[nH]1. The van der Waals surface area contributed by atoms with Gasteiger partial charge in [0.25, 0.3) is 5.91 Å². The largest absolute Gasteiger partial charge is 0.364 e. The third-order valence-corrected chi connectivity index (χ3v) is 5.85. The van der Waals surface area contributed by atoms with Crippen LogP contribution in [0.25, 0.3) is 0 Å². The predicted octanol–water partition coefficient (Wildman–Crippen LogP) is 2.63. The quantitative estimate of drug-likeness (QED) is 0.878. The highest BCUT2D eigenvalue weighted by atomic mass is 16.2. The number of nitrogens with one attached hydrogen (secondary N) is 2. The Labute approximate surface area is 125 Å². The molecule has 114 valence electrons. The van der Waals surface area contributed by atoms with Gasteiger partial charge < -0.3 is 10.3 Å². The first kappa shape index (κ1) is 14.4. The molecule has 21 heavy (non-hydrogen) atoms. The van der Waals surface area contributed by atoms with E-state index >= 15 is 0 Å². The molecule has 4 heteroatoms. The molecule has 0 saturated heterocycles. The number of rotatable bonds is 2. The molecule has 1 aromatic heterocycles. The Hall–Kier alpha value is -1.58. The minimum Gasteiger partial charge on any atom is -0.364 e. The molecule has 2 N–H and O–H groups in total. The van der Waals surface area contributed by atoms with Crippen LogP contribution in [0.4, 0.5) is 0 Å². The minimum absolute atomic E-state index is 0.0973. The molecule has 4 nitrogen and oxygen atoms in total. The van der Waals surface area contributed by atoms with E-state index in [1.807, 2.05) is 6.92 Å². The fourth-order valence-electron chi connectivity index (χ4n) is 4.62.